The van der Waals surface area contributed by atoms with Crippen molar-refractivity contribution >= 4 is 38.7 Å². The van der Waals surface area contributed by atoms with E-state index in [1.807, 2.05) is 6.07 Å². The van der Waals surface area contributed by atoms with E-state index in [2.05, 4.69) is 10.2 Å². The lowest BCUT2D eigenvalue weighted by Crippen LogP contribution is -2.37. The van der Waals surface area contributed by atoms with Crippen LogP contribution in [0.3, 0.4) is 0 Å². The number of aromatic nitrogens is 3. The van der Waals surface area contributed by atoms with Gasteiger partial charge in [-0.2, -0.15) is 21.2 Å². The number of H-pyrrole nitrogens is 1. The second-order valence-electron chi connectivity index (χ2n) is 9.11. The zero-order valence-electron chi connectivity index (χ0n) is 20.2. The number of aromatic amines is 1. The molecule has 2 aromatic heterocycles. The molecule has 12 heteroatoms. The van der Waals surface area contributed by atoms with Crippen molar-refractivity contribution in [2.24, 2.45) is 5.73 Å². The normalized spacial score (nSPS) is 15.5. The number of rotatable bonds is 8. The number of sulfonamides is 1. The largest absolute Gasteiger partial charge is 0.370 e. The number of nitrogens with zero attached hydrogens (tertiary/aromatic N) is 3. The number of carbonyl (C=O) groups excluding carboxylic acids is 1. The molecule has 1 amide bonds. The fraction of sp³-hybridized carbons (Fsp3) is 0.269. The summed E-state index contributed by atoms with van der Waals surface area (Å²) in [5.74, 6) is -1.12. The molecule has 0 unspecified atom stereocenters. The summed E-state index contributed by atoms with van der Waals surface area (Å²) >= 11 is 1.73. The summed E-state index contributed by atoms with van der Waals surface area (Å²) in [5.41, 5.74) is 8.88. The molecule has 3 N–H and O–H groups in total. The number of amides is 1. The fourth-order valence-electron chi connectivity index (χ4n) is 4.70. The Hall–Kier alpha value is -3.35. The first-order valence-electron chi connectivity index (χ1n) is 12.0. The van der Waals surface area contributed by atoms with Gasteiger partial charge in [0.25, 0.3) is 0 Å². The van der Waals surface area contributed by atoms with Gasteiger partial charge < -0.3 is 5.73 Å². The number of hydrogen-bond donors (Lipinski definition) is 2. The quantitative estimate of drug-likeness (QED) is 0.340. The monoisotopic (exact) mass is 557 g/mol. The van der Waals surface area contributed by atoms with Crippen LogP contribution in [-0.4, -0.2) is 58.4 Å². The molecule has 0 radical (unpaired) electrons. The molecule has 1 aliphatic heterocycles. The number of pyridine rings is 1. The Balaban J connectivity index is 1.56. The lowest BCUT2D eigenvalue weighted by atomic mass is 9.87. The van der Waals surface area contributed by atoms with E-state index in [4.69, 9.17) is 10.7 Å². The molecule has 198 valence electrons. The lowest BCUT2D eigenvalue weighted by molar-refractivity contribution is -0.118. The number of nitrogens with two attached hydrogens (primary N) is 1. The smallest absolute Gasteiger partial charge is 0.243 e. The Kier molecular flexibility index (Phi) is 7.46. The molecule has 3 heterocycles. The predicted molar refractivity (Wildman–Crippen MR) is 142 cm³/mol. The summed E-state index contributed by atoms with van der Waals surface area (Å²) in [4.78, 5) is 17.0. The number of carbonyl (C=O) groups is 1. The Morgan fingerprint density at radius 2 is 1.76 bits per heavy atom. The summed E-state index contributed by atoms with van der Waals surface area (Å²) in [6.07, 6.45) is 1.54. The third-order valence-corrected chi connectivity index (χ3v) is 9.32. The van der Waals surface area contributed by atoms with E-state index < -0.39 is 33.5 Å². The predicted octanol–water partition coefficient (Wildman–Crippen LogP) is 3.84. The van der Waals surface area contributed by atoms with Gasteiger partial charge in [-0.3, -0.25) is 9.89 Å². The van der Waals surface area contributed by atoms with E-state index in [1.54, 1.807) is 42.2 Å². The van der Waals surface area contributed by atoms with Gasteiger partial charge in [0.2, 0.25) is 15.9 Å². The average molecular weight is 558 g/mol. The number of nitrogens with one attached hydrogen (secondary N) is 1. The summed E-state index contributed by atoms with van der Waals surface area (Å²) < 4.78 is 55.5. The van der Waals surface area contributed by atoms with Gasteiger partial charge in [0.1, 0.15) is 17.2 Å². The van der Waals surface area contributed by atoms with E-state index >= 15 is 0 Å². The minimum absolute atomic E-state index is 0.110. The molecule has 1 atom stereocenters. The standard InChI is InChI=1S/C26H25F2N5O3S2/c27-19-10-16(11-20(28)13-19)9-18(12-25(29)34)26-22(14-23-24(31-26)15-30-32-23)17-1-3-21(4-2-17)38(35,36)33-5-7-37-8-6-33/h1-4,10-11,13-15,18H,5-9,12H2,(H2,29,34)(H,30,32)/t18-/m0/s1. The highest BCUT2D eigenvalue weighted by atomic mass is 32.2. The zero-order valence-corrected chi connectivity index (χ0v) is 21.9. The van der Waals surface area contributed by atoms with Gasteiger partial charge in [-0.05, 0) is 47.9 Å². The van der Waals surface area contributed by atoms with E-state index in [9.17, 15) is 22.0 Å². The second-order valence-corrected chi connectivity index (χ2v) is 12.3. The van der Waals surface area contributed by atoms with Crippen LogP contribution in [0, 0.1) is 11.6 Å². The number of primary amides is 1. The van der Waals surface area contributed by atoms with Gasteiger partial charge in [0, 0.05) is 48.6 Å². The molecule has 8 nitrogen and oxygen atoms in total. The average Bonchev–Trinajstić information content (AvgIpc) is 3.35. The first-order valence-corrected chi connectivity index (χ1v) is 14.6. The van der Waals surface area contributed by atoms with Crippen molar-refractivity contribution in [3.05, 3.63) is 77.6 Å². The van der Waals surface area contributed by atoms with Crippen LogP contribution in [0.15, 0.2) is 59.6 Å². The van der Waals surface area contributed by atoms with Crippen LogP contribution in [0.1, 0.15) is 23.6 Å². The zero-order chi connectivity index (χ0) is 26.9. The lowest BCUT2D eigenvalue weighted by Gasteiger charge is -2.25. The van der Waals surface area contributed by atoms with E-state index in [1.165, 1.54) is 16.4 Å². The van der Waals surface area contributed by atoms with Crippen molar-refractivity contribution in [2.75, 3.05) is 24.6 Å². The minimum Gasteiger partial charge on any atom is -0.370 e. The van der Waals surface area contributed by atoms with Crippen molar-refractivity contribution in [1.82, 2.24) is 19.5 Å². The van der Waals surface area contributed by atoms with Crippen molar-refractivity contribution in [3.63, 3.8) is 0 Å². The Bertz CT molecular complexity index is 1570. The topological polar surface area (TPSA) is 122 Å². The van der Waals surface area contributed by atoms with Crippen molar-refractivity contribution in [2.45, 2.75) is 23.7 Å². The molecule has 1 fully saturated rings. The van der Waals surface area contributed by atoms with Gasteiger partial charge in [-0.1, -0.05) is 12.1 Å². The summed E-state index contributed by atoms with van der Waals surface area (Å²) in [6, 6.07) is 11.5. The minimum atomic E-state index is -3.62. The van der Waals surface area contributed by atoms with Crippen molar-refractivity contribution in [1.29, 1.82) is 0 Å². The molecular weight excluding hydrogens is 532 g/mol. The van der Waals surface area contributed by atoms with Crippen LogP contribution in [0.4, 0.5) is 8.78 Å². The third kappa shape index (κ3) is 5.57. The highest BCUT2D eigenvalue weighted by Crippen LogP contribution is 2.35. The van der Waals surface area contributed by atoms with E-state index in [0.29, 0.717) is 46.5 Å². The first-order chi connectivity index (χ1) is 18.2. The molecule has 4 aromatic rings. The van der Waals surface area contributed by atoms with Crippen LogP contribution >= 0.6 is 11.8 Å². The molecule has 5 rings (SSSR count). The van der Waals surface area contributed by atoms with Crippen LogP contribution in [0.25, 0.3) is 22.2 Å². The van der Waals surface area contributed by atoms with Gasteiger partial charge in [0.15, 0.2) is 0 Å². The summed E-state index contributed by atoms with van der Waals surface area (Å²) in [5, 5.41) is 6.91. The maximum Gasteiger partial charge on any atom is 0.243 e. The molecule has 2 aromatic carbocycles. The highest BCUT2D eigenvalue weighted by molar-refractivity contribution is 7.99. The molecule has 0 bridgehead atoms. The summed E-state index contributed by atoms with van der Waals surface area (Å²) in [6.45, 7) is 0.934. The fourth-order valence-corrected chi connectivity index (χ4v) is 7.28. The second kappa shape index (κ2) is 10.8. The Morgan fingerprint density at radius 3 is 2.42 bits per heavy atom. The van der Waals surface area contributed by atoms with Crippen LogP contribution < -0.4 is 5.73 Å². The van der Waals surface area contributed by atoms with Crippen LogP contribution in [0.5, 0.6) is 0 Å². The SMILES string of the molecule is NC(=O)C[C@H](Cc1cc(F)cc(F)c1)c1nc2cn[nH]c2cc1-c1ccc(S(=O)(=O)N2CCSCC2)cc1. The number of benzene rings is 2. The highest BCUT2D eigenvalue weighted by Gasteiger charge is 2.27. The molecule has 1 saturated heterocycles. The molecule has 0 aliphatic carbocycles. The number of thioether (sulfide) groups is 1. The van der Waals surface area contributed by atoms with Gasteiger partial charge in [-0.15, -0.1) is 0 Å². The van der Waals surface area contributed by atoms with Gasteiger partial charge in [-0.25, -0.2) is 22.2 Å². The maximum absolute atomic E-state index is 13.9. The van der Waals surface area contributed by atoms with Crippen LogP contribution in [-0.2, 0) is 21.2 Å². The number of halogens is 2. The maximum atomic E-state index is 13.9. The number of fused-ring (bicyclic) bond motifs is 1. The van der Waals surface area contributed by atoms with E-state index in [-0.39, 0.29) is 17.7 Å². The molecule has 1 aliphatic rings. The Morgan fingerprint density at radius 1 is 1.08 bits per heavy atom. The molecule has 0 spiro atoms. The van der Waals surface area contributed by atoms with Crippen LogP contribution in [0.2, 0.25) is 0 Å². The molecular formula is C26H25F2N5O3S2. The van der Waals surface area contributed by atoms with Crippen molar-refractivity contribution in [3.8, 4) is 11.1 Å². The van der Waals surface area contributed by atoms with Gasteiger partial charge >= 0.3 is 0 Å². The number of hydrogen-bond acceptors (Lipinski definition) is 6. The van der Waals surface area contributed by atoms with Crippen molar-refractivity contribution < 1.29 is 22.0 Å². The van der Waals surface area contributed by atoms with Gasteiger partial charge in [0.05, 0.1) is 22.3 Å². The Labute approximate surface area is 222 Å². The molecule has 38 heavy (non-hydrogen) atoms. The molecule has 0 saturated carbocycles. The first kappa shape index (κ1) is 26.3. The summed E-state index contributed by atoms with van der Waals surface area (Å²) in [7, 11) is -3.62. The van der Waals surface area contributed by atoms with E-state index in [0.717, 1.165) is 17.6 Å². The third-order valence-electron chi connectivity index (χ3n) is 6.47.